The topological polar surface area (TPSA) is 84.9 Å². The Hall–Kier alpha value is -4.66. The van der Waals surface area contributed by atoms with Crippen molar-refractivity contribution >= 4 is 52.8 Å². The van der Waals surface area contributed by atoms with E-state index in [1.165, 1.54) is 30.3 Å². The zero-order valence-corrected chi connectivity index (χ0v) is 22.8. The number of halogens is 3. The van der Waals surface area contributed by atoms with Gasteiger partial charge in [0.25, 0.3) is 11.8 Å². The van der Waals surface area contributed by atoms with Crippen molar-refractivity contribution in [1.82, 2.24) is 5.32 Å². The van der Waals surface area contributed by atoms with Gasteiger partial charge < -0.3 is 9.47 Å². The molecule has 0 unspecified atom stereocenters. The van der Waals surface area contributed by atoms with Crippen molar-refractivity contribution in [3.8, 4) is 11.5 Å². The Morgan fingerprint density at radius 1 is 0.780 bits per heavy atom. The fourth-order valence-electron chi connectivity index (χ4n) is 4.02. The Bertz CT molecular complexity index is 1670. The smallest absolute Gasteiger partial charge is 0.335 e. The highest BCUT2D eigenvalue weighted by molar-refractivity contribution is 6.39. The summed E-state index contributed by atoms with van der Waals surface area (Å²) in [7, 11) is 0. The van der Waals surface area contributed by atoms with Crippen LogP contribution in [0.15, 0.2) is 96.6 Å². The Kier molecular flexibility index (Phi) is 8.33. The number of anilines is 1. The van der Waals surface area contributed by atoms with Crippen molar-refractivity contribution in [1.29, 1.82) is 0 Å². The molecule has 0 bridgehead atoms. The molecule has 4 aromatic rings. The predicted molar refractivity (Wildman–Crippen MR) is 153 cm³/mol. The molecule has 4 aromatic carbocycles. The number of benzene rings is 4. The van der Waals surface area contributed by atoms with Gasteiger partial charge in [-0.05, 0) is 60.2 Å². The zero-order chi connectivity index (χ0) is 28.9. The fourth-order valence-corrected chi connectivity index (χ4v) is 4.46. The lowest BCUT2D eigenvalue weighted by atomic mass is 10.1. The average Bonchev–Trinajstić information content (AvgIpc) is 2.96. The number of barbiturate groups is 1. The number of carbonyl (C=O) groups excluding carboxylic acids is 3. The third-order valence-electron chi connectivity index (χ3n) is 6.16. The Balaban J connectivity index is 1.30. The van der Waals surface area contributed by atoms with E-state index in [1.807, 2.05) is 18.2 Å². The second-order valence-corrected chi connectivity index (χ2v) is 9.72. The van der Waals surface area contributed by atoms with Crippen molar-refractivity contribution in [2.75, 3.05) is 4.90 Å². The molecule has 1 aliphatic rings. The number of carbonyl (C=O) groups is 3. The van der Waals surface area contributed by atoms with E-state index in [1.54, 1.807) is 48.5 Å². The highest BCUT2D eigenvalue weighted by Crippen LogP contribution is 2.29. The molecule has 1 aliphatic heterocycles. The first-order valence-electron chi connectivity index (χ1n) is 12.3. The van der Waals surface area contributed by atoms with Crippen LogP contribution in [0.3, 0.4) is 0 Å². The van der Waals surface area contributed by atoms with Crippen LogP contribution in [-0.2, 0) is 22.8 Å². The van der Waals surface area contributed by atoms with Crippen LogP contribution in [0.2, 0.25) is 10.0 Å². The van der Waals surface area contributed by atoms with Gasteiger partial charge in [-0.3, -0.25) is 14.9 Å². The first-order chi connectivity index (χ1) is 19.8. The van der Waals surface area contributed by atoms with Crippen LogP contribution in [0, 0.1) is 5.82 Å². The van der Waals surface area contributed by atoms with Gasteiger partial charge in [0.15, 0.2) is 0 Å². The molecular weight excluding hydrogens is 570 g/mol. The van der Waals surface area contributed by atoms with Crippen LogP contribution in [0.5, 0.6) is 11.5 Å². The van der Waals surface area contributed by atoms with Crippen molar-refractivity contribution in [3.63, 3.8) is 0 Å². The van der Waals surface area contributed by atoms with Gasteiger partial charge in [0.1, 0.15) is 36.1 Å². The summed E-state index contributed by atoms with van der Waals surface area (Å²) in [5, 5.41) is 2.96. The SMILES string of the molecule is O=C1NC(=O)N(c2ccc(OCc3ccccc3Cl)cc2)C(=O)/C1=C/c1ccc(OCc2ccccc2F)c(Cl)c1. The maximum absolute atomic E-state index is 13.9. The summed E-state index contributed by atoms with van der Waals surface area (Å²) in [4.78, 5) is 39.3. The number of rotatable bonds is 8. The van der Waals surface area contributed by atoms with Crippen molar-refractivity contribution < 1.29 is 28.2 Å². The molecule has 4 amide bonds. The maximum atomic E-state index is 13.9. The van der Waals surface area contributed by atoms with E-state index in [4.69, 9.17) is 32.7 Å². The Morgan fingerprint density at radius 2 is 1.46 bits per heavy atom. The van der Waals surface area contributed by atoms with E-state index >= 15 is 0 Å². The maximum Gasteiger partial charge on any atom is 0.335 e. The molecule has 0 aromatic heterocycles. The second-order valence-electron chi connectivity index (χ2n) is 8.90. The van der Waals surface area contributed by atoms with E-state index in [0.29, 0.717) is 27.6 Å². The van der Waals surface area contributed by atoms with Crippen LogP contribution in [0.4, 0.5) is 14.9 Å². The Labute approximate surface area is 244 Å². The van der Waals surface area contributed by atoms with Gasteiger partial charge >= 0.3 is 6.03 Å². The molecule has 1 saturated heterocycles. The van der Waals surface area contributed by atoms with Crippen LogP contribution in [0.1, 0.15) is 16.7 Å². The monoisotopic (exact) mass is 590 g/mol. The molecule has 0 atom stereocenters. The fraction of sp³-hybridized carbons (Fsp3) is 0.0645. The predicted octanol–water partition coefficient (Wildman–Crippen LogP) is 6.96. The lowest BCUT2D eigenvalue weighted by Gasteiger charge is -2.26. The summed E-state index contributed by atoms with van der Waals surface area (Å²) < 4.78 is 25.3. The molecule has 1 fully saturated rings. The van der Waals surface area contributed by atoms with Crippen LogP contribution in [0.25, 0.3) is 6.08 Å². The van der Waals surface area contributed by atoms with Crippen molar-refractivity contribution in [2.45, 2.75) is 13.2 Å². The molecule has 10 heteroatoms. The van der Waals surface area contributed by atoms with Gasteiger partial charge in [0, 0.05) is 16.1 Å². The van der Waals surface area contributed by atoms with Gasteiger partial charge in [-0.15, -0.1) is 0 Å². The molecule has 0 saturated carbocycles. The van der Waals surface area contributed by atoms with E-state index in [9.17, 15) is 18.8 Å². The molecule has 1 heterocycles. The molecule has 41 heavy (non-hydrogen) atoms. The summed E-state index contributed by atoms with van der Waals surface area (Å²) in [5.41, 5.74) is 1.57. The van der Waals surface area contributed by atoms with Gasteiger partial charge in [0.05, 0.1) is 10.7 Å². The standard InChI is InChI=1S/C31H21Cl2FN2O5/c32-25-7-3-1-5-20(25)17-40-23-12-10-22(11-13-23)36-30(38)24(29(37)35-31(36)39)15-19-9-14-28(26(33)16-19)41-18-21-6-2-4-8-27(21)34/h1-16H,17-18H2,(H,35,37,39)/b24-15+. The highest BCUT2D eigenvalue weighted by Gasteiger charge is 2.36. The van der Waals surface area contributed by atoms with Gasteiger partial charge in [0.2, 0.25) is 0 Å². The summed E-state index contributed by atoms with van der Waals surface area (Å²) in [6.45, 7) is 0.202. The molecule has 1 N–H and O–H groups in total. The number of nitrogens with zero attached hydrogens (tertiary/aromatic N) is 1. The number of hydrogen-bond acceptors (Lipinski definition) is 5. The summed E-state index contributed by atoms with van der Waals surface area (Å²) in [6.07, 6.45) is 1.32. The number of amides is 4. The Morgan fingerprint density at radius 3 is 2.17 bits per heavy atom. The lowest BCUT2D eigenvalue weighted by Crippen LogP contribution is -2.54. The van der Waals surface area contributed by atoms with Crippen molar-refractivity contribution in [2.24, 2.45) is 0 Å². The third-order valence-corrected chi connectivity index (χ3v) is 6.82. The number of hydrogen-bond donors (Lipinski definition) is 1. The minimum atomic E-state index is -0.878. The quantitative estimate of drug-likeness (QED) is 0.177. The zero-order valence-electron chi connectivity index (χ0n) is 21.3. The lowest BCUT2D eigenvalue weighted by molar-refractivity contribution is -0.122. The van der Waals surface area contributed by atoms with Crippen LogP contribution < -0.4 is 19.7 Å². The number of ether oxygens (including phenoxy) is 2. The number of nitrogens with one attached hydrogen (secondary N) is 1. The van der Waals surface area contributed by atoms with Gasteiger partial charge in [-0.25, -0.2) is 14.1 Å². The second kappa shape index (κ2) is 12.2. The molecule has 5 rings (SSSR count). The molecule has 206 valence electrons. The minimum Gasteiger partial charge on any atom is -0.489 e. The van der Waals surface area contributed by atoms with Gasteiger partial charge in [-0.1, -0.05) is 65.7 Å². The largest absolute Gasteiger partial charge is 0.489 e. The van der Waals surface area contributed by atoms with Gasteiger partial charge in [-0.2, -0.15) is 0 Å². The normalized spacial score (nSPS) is 14.3. The summed E-state index contributed by atoms with van der Waals surface area (Å²) >= 11 is 12.5. The van der Waals surface area contributed by atoms with E-state index in [0.717, 1.165) is 10.5 Å². The van der Waals surface area contributed by atoms with E-state index in [-0.39, 0.29) is 29.5 Å². The molecule has 7 nitrogen and oxygen atoms in total. The molecule has 0 spiro atoms. The number of urea groups is 1. The number of imide groups is 2. The molecule has 0 radical (unpaired) electrons. The van der Waals surface area contributed by atoms with E-state index < -0.39 is 23.7 Å². The summed E-state index contributed by atoms with van der Waals surface area (Å²) in [6, 6.07) is 23.5. The highest BCUT2D eigenvalue weighted by atomic mass is 35.5. The summed E-state index contributed by atoms with van der Waals surface area (Å²) in [5.74, 6) is -1.25. The van der Waals surface area contributed by atoms with Crippen LogP contribution in [-0.4, -0.2) is 17.8 Å². The molecular formula is C31H21Cl2FN2O5. The van der Waals surface area contributed by atoms with Crippen LogP contribution >= 0.6 is 23.2 Å². The first-order valence-corrected chi connectivity index (χ1v) is 13.1. The van der Waals surface area contributed by atoms with E-state index in [2.05, 4.69) is 5.32 Å². The third kappa shape index (κ3) is 6.40. The average molecular weight is 591 g/mol. The van der Waals surface area contributed by atoms with Crippen molar-refractivity contribution in [3.05, 3.63) is 129 Å². The minimum absolute atomic E-state index is 0.0331. The molecule has 0 aliphatic carbocycles. The first kappa shape index (κ1) is 27.9.